The third-order valence-electron chi connectivity index (χ3n) is 3.09. The maximum Gasteiger partial charge on any atom is 0.228 e. The Labute approximate surface area is 102 Å². The van der Waals surface area contributed by atoms with Gasteiger partial charge in [-0.1, -0.05) is 25.5 Å². The zero-order valence-corrected chi connectivity index (χ0v) is 10.0. The fraction of sp³-hybridized carbons (Fsp3) is 0.429. The standard InChI is InChI=1S/C14H16N2O/c1-2-3-11-4-6-13(7-5-11)16-10-12(9-15)8-14(16)17/h4-7,12H,2-3,8,10H2,1H3. The highest BCUT2D eigenvalue weighted by molar-refractivity contribution is 5.96. The average Bonchev–Trinajstić information content (AvgIpc) is 2.72. The van der Waals surface area contributed by atoms with Gasteiger partial charge in [0.1, 0.15) is 0 Å². The van der Waals surface area contributed by atoms with Crippen LogP contribution < -0.4 is 4.90 Å². The number of amides is 1. The Hall–Kier alpha value is -1.82. The fourth-order valence-electron chi connectivity index (χ4n) is 2.17. The fourth-order valence-corrected chi connectivity index (χ4v) is 2.17. The molecular weight excluding hydrogens is 212 g/mol. The summed E-state index contributed by atoms with van der Waals surface area (Å²) in [6, 6.07) is 10.2. The molecule has 0 saturated carbocycles. The number of aryl methyl sites for hydroxylation is 1. The molecule has 0 bridgehead atoms. The minimum atomic E-state index is -0.155. The van der Waals surface area contributed by atoms with Crippen LogP contribution in [0.25, 0.3) is 0 Å². The lowest BCUT2D eigenvalue weighted by atomic mass is 10.1. The van der Waals surface area contributed by atoms with E-state index in [1.807, 2.05) is 12.1 Å². The second kappa shape index (κ2) is 5.01. The highest BCUT2D eigenvalue weighted by Gasteiger charge is 2.30. The number of hydrogen-bond donors (Lipinski definition) is 0. The van der Waals surface area contributed by atoms with Gasteiger partial charge in [0.2, 0.25) is 5.91 Å². The van der Waals surface area contributed by atoms with Gasteiger partial charge in [-0.2, -0.15) is 5.26 Å². The van der Waals surface area contributed by atoms with Gasteiger partial charge in [0.15, 0.2) is 0 Å². The zero-order chi connectivity index (χ0) is 12.3. The maximum absolute atomic E-state index is 11.7. The molecule has 88 valence electrons. The van der Waals surface area contributed by atoms with Gasteiger partial charge in [-0.15, -0.1) is 0 Å². The zero-order valence-electron chi connectivity index (χ0n) is 10.0. The maximum atomic E-state index is 11.7. The molecule has 3 heteroatoms. The summed E-state index contributed by atoms with van der Waals surface area (Å²) in [5, 5.41) is 8.83. The molecule has 1 fully saturated rings. The smallest absolute Gasteiger partial charge is 0.228 e. The first-order valence-corrected chi connectivity index (χ1v) is 6.03. The number of benzene rings is 1. The summed E-state index contributed by atoms with van der Waals surface area (Å²) in [4.78, 5) is 13.4. The van der Waals surface area contributed by atoms with Crippen molar-refractivity contribution in [3.8, 4) is 6.07 Å². The monoisotopic (exact) mass is 228 g/mol. The normalized spacial score (nSPS) is 19.4. The van der Waals surface area contributed by atoms with Crippen molar-refractivity contribution in [3.05, 3.63) is 29.8 Å². The molecule has 3 nitrogen and oxygen atoms in total. The summed E-state index contributed by atoms with van der Waals surface area (Å²) in [6.45, 7) is 2.68. The van der Waals surface area contributed by atoms with E-state index < -0.39 is 0 Å². The van der Waals surface area contributed by atoms with Crippen LogP contribution >= 0.6 is 0 Å². The molecule has 1 aliphatic heterocycles. The number of rotatable bonds is 3. The van der Waals surface area contributed by atoms with Crippen LogP contribution in [-0.2, 0) is 11.2 Å². The second-order valence-electron chi connectivity index (χ2n) is 4.45. The number of anilines is 1. The molecule has 1 atom stereocenters. The topological polar surface area (TPSA) is 44.1 Å². The van der Waals surface area contributed by atoms with E-state index in [2.05, 4.69) is 25.1 Å². The van der Waals surface area contributed by atoms with Crippen molar-refractivity contribution in [2.45, 2.75) is 26.2 Å². The highest BCUT2D eigenvalue weighted by Crippen LogP contribution is 2.25. The summed E-state index contributed by atoms with van der Waals surface area (Å²) >= 11 is 0. The molecule has 1 aromatic carbocycles. The van der Waals surface area contributed by atoms with Crippen LogP contribution in [-0.4, -0.2) is 12.5 Å². The van der Waals surface area contributed by atoms with Crippen LogP contribution in [0, 0.1) is 17.2 Å². The Kier molecular flexibility index (Phi) is 3.43. The van der Waals surface area contributed by atoms with Gasteiger partial charge in [-0.3, -0.25) is 4.79 Å². The molecule has 0 aromatic heterocycles. The van der Waals surface area contributed by atoms with E-state index in [1.54, 1.807) is 4.90 Å². The summed E-state index contributed by atoms with van der Waals surface area (Å²) in [7, 11) is 0. The van der Waals surface area contributed by atoms with Crippen LogP contribution in [0.3, 0.4) is 0 Å². The average molecular weight is 228 g/mol. The van der Waals surface area contributed by atoms with Gasteiger partial charge in [-0.25, -0.2) is 0 Å². The molecular formula is C14H16N2O. The first-order chi connectivity index (χ1) is 8.24. The van der Waals surface area contributed by atoms with Gasteiger partial charge in [-0.05, 0) is 24.1 Å². The molecule has 17 heavy (non-hydrogen) atoms. The highest BCUT2D eigenvalue weighted by atomic mass is 16.2. The Morgan fingerprint density at radius 3 is 2.65 bits per heavy atom. The molecule has 0 aliphatic carbocycles. The van der Waals surface area contributed by atoms with Crippen molar-refractivity contribution in [1.82, 2.24) is 0 Å². The van der Waals surface area contributed by atoms with E-state index in [-0.39, 0.29) is 11.8 Å². The van der Waals surface area contributed by atoms with E-state index in [1.165, 1.54) is 5.56 Å². The van der Waals surface area contributed by atoms with Gasteiger partial charge < -0.3 is 4.90 Å². The van der Waals surface area contributed by atoms with E-state index >= 15 is 0 Å². The Bertz CT molecular complexity index is 444. The molecule has 1 amide bonds. The number of nitriles is 1. The summed E-state index contributed by atoms with van der Waals surface area (Å²) in [5.74, 6) is -0.0994. The lowest BCUT2D eigenvalue weighted by Crippen LogP contribution is -2.24. The van der Waals surface area contributed by atoms with E-state index in [0.29, 0.717) is 13.0 Å². The van der Waals surface area contributed by atoms with E-state index in [9.17, 15) is 4.79 Å². The van der Waals surface area contributed by atoms with Crippen molar-refractivity contribution in [2.24, 2.45) is 5.92 Å². The minimum Gasteiger partial charge on any atom is -0.311 e. The van der Waals surface area contributed by atoms with Crippen LogP contribution in [0.5, 0.6) is 0 Å². The molecule has 1 saturated heterocycles. The summed E-state index contributed by atoms with van der Waals surface area (Å²) in [6.07, 6.45) is 2.54. The lowest BCUT2D eigenvalue weighted by molar-refractivity contribution is -0.117. The van der Waals surface area contributed by atoms with Crippen LogP contribution in [0.1, 0.15) is 25.3 Å². The molecule has 1 unspecified atom stereocenters. The molecule has 2 rings (SSSR count). The van der Waals surface area contributed by atoms with Crippen molar-refractivity contribution in [2.75, 3.05) is 11.4 Å². The van der Waals surface area contributed by atoms with Gasteiger partial charge in [0, 0.05) is 18.7 Å². The number of nitrogens with zero attached hydrogens (tertiary/aromatic N) is 2. The Morgan fingerprint density at radius 1 is 1.41 bits per heavy atom. The molecule has 1 heterocycles. The molecule has 0 radical (unpaired) electrons. The van der Waals surface area contributed by atoms with Gasteiger partial charge >= 0.3 is 0 Å². The Balaban J connectivity index is 2.13. The number of carbonyl (C=O) groups excluding carboxylic acids is 1. The molecule has 0 N–H and O–H groups in total. The number of hydrogen-bond acceptors (Lipinski definition) is 2. The predicted molar refractivity (Wildman–Crippen MR) is 66.5 cm³/mol. The van der Waals surface area contributed by atoms with Crippen molar-refractivity contribution >= 4 is 11.6 Å². The number of carbonyl (C=O) groups is 1. The first kappa shape index (κ1) is 11.7. The van der Waals surface area contributed by atoms with Crippen molar-refractivity contribution < 1.29 is 4.79 Å². The van der Waals surface area contributed by atoms with Crippen molar-refractivity contribution in [3.63, 3.8) is 0 Å². The predicted octanol–water partition coefficient (Wildman–Crippen LogP) is 2.52. The van der Waals surface area contributed by atoms with Gasteiger partial charge in [0.05, 0.1) is 12.0 Å². The SMILES string of the molecule is CCCc1ccc(N2CC(C#N)CC2=O)cc1. The third kappa shape index (κ3) is 2.47. The summed E-state index contributed by atoms with van der Waals surface area (Å²) < 4.78 is 0. The lowest BCUT2D eigenvalue weighted by Gasteiger charge is -2.16. The Morgan fingerprint density at radius 2 is 2.12 bits per heavy atom. The van der Waals surface area contributed by atoms with E-state index in [4.69, 9.17) is 5.26 Å². The van der Waals surface area contributed by atoms with Crippen LogP contribution in [0.15, 0.2) is 24.3 Å². The minimum absolute atomic E-state index is 0.0554. The van der Waals surface area contributed by atoms with E-state index in [0.717, 1.165) is 18.5 Å². The molecule has 1 aliphatic rings. The molecule has 1 aromatic rings. The van der Waals surface area contributed by atoms with Gasteiger partial charge in [0.25, 0.3) is 0 Å². The van der Waals surface area contributed by atoms with Crippen LogP contribution in [0.2, 0.25) is 0 Å². The van der Waals surface area contributed by atoms with Crippen molar-refractivity contribution in [1.29, 1.82) is 5.26 Å². The second-order valence-corrected chi connectivity index (χ2v) is 4.45. The third-order valence-corrected chi connectivity index (χ3v) is 3.09. The van der Waals surface area contributed by atoms with Crippen LogP contribution in [0.4, 0.5) is 5.69 Å². The first-order valence-electron chi connectivity index (χ1n) is 6.03. The largest absolute Gasteiger partial charge is 0.311 e. The molecule has 0 spiro atoms. The quantitative estimate of drug-likeness (QED) is 0.797. The summed E-state index contributed by atoms with van der Waals surface area (Å²) in [5.41, 5.74) is 2.20.